The van der Waals surface area contributed by atoms with Gasteiger partial charge < -0.3 is 25.1 Å². The van der Waals surface area contributed by atoms with Gasteiger partial charge in [0.25, 0.3) is 0 Å². The molecule has 0 saturated carbocycles. The summed E-state index contributed by atoms with van der Waals surface area (Å²) in [5.74, 6) is 1.59. The Bertz CT molecular complexity index is 329. The van der Waals surface area contributed by atoms with Crippen LogP contribution in [0, 0.1) is 0 Å². The van der Waals surface area contributed by atoms with Crippen molar-refractivity contribution in [3.63, 3.8) is 0 Å². The van der Waals surface area contributed by atoms with Crippen molar-refractivity contribution in [1.82, 2.24) is 0 Å². The van der Waals surface area contributed by atoms with E-state index >= 15 is 0 Å². The monoisotopic (exact) mass is 227 g/mol. The van der Waals surface area contributed by atoms with Gasteiger partial charge in [0.15, 0.2) is 0 Å². The maximum absolute atomic E-state index is 9.79. The minimum absolute atomic E-state index is 0.0963. The summed E-state index contributed by atoms with van der Waals surface area (Å²) >= 11 is 0. The van der Waals surface area contributed by atoms with E-state index < -0.39 is 6.10 Å². The number of ether oxygens (including phenoxy) is 3. The molecule has 0 saturated heterocycles. The van der Waals surface area contributed by atoms with Gasteiger partial charge in [-0.2, -0.15) is 0 Å². The SMILES string of the molecule is COc1cc(OC)c(C(O)CN)c(OC)c1. The van der Waals surface area contributed by atoms with Crippen LogP contribution in [0.5, 0.6) is 17.2 Å². The molecule has 0 aromatic heterocycles. The molecule has 0 fully saturated rings. The third kappa shape index (κ3) is 2.37. The molecule has 0 spiro atoms. The largest absolute Gasteiger partial charge is 0.496 e. The molecule has 0 heterocycles. The first-order valence-corrected chi connectivity index (χ1v) is 4.86. The summed E-state index contributed by atoms with van der Waals surface area (Å²) in [5.41, 5.74) is 5.96. The number of methoxy groups -OCH3 is 3. The molecule has 90 valence electrons. The van der Waals surface area contributed by atoms with E-state index in [1.54, 1.807) is 19.2 Å². The molecule has 5 nitrogen and oxygen atoms in total. The second kappa shape index (κ2) is 5.58. The van der Waals surface area contributed by atoms with Crippen molar-refractivity contribution in [3.05, 3.63) is 17.7 Å². The molecule has 1 aromatic carbocycles. The molecule has 0 bridgehead atoms. The van der Waals surface area contributed by atoms with Gasteiger partial charge in [0.05, 0.1) is 33.0 Å². The molecule has 0 aliphatic heterocycles. The van der Waals surface area contributed by atoms with Crippen LogP contribution >= 0.6 is 0 Å². The van der Waals surface area contributed by atoms with E-state index in [1.165, 1.54) is 14.2 Å². The fourth-order valence-corrected chi connectivity index (χ4v) is 1.48. The Kier molecular flexibility index (Phi) is 4.39. The fraction of sp³-hybridized carbons (Fsp3) is 0.455. The highest BCUT2D eigenvalue weighted by molar-refractivity contribution is 5.51. The van der Waals surface area contributed by atoms with Crippen molar-refractivity contribution in [2.24, 2.45) is 5.73 Å². The van der Waals surface area contributed by atoms with E-state index in [0.29, 0.717) is 22.8 Å². The lowest BCUT2D eigenvalue weighted by molar-refractivity contribution is 0.177. The lowest BCUT2D eigenvalue weighted by Crippen LogP contribution is -2.13. The number of benzene rings is 1. The molecule has 1 atom stereocenters. The summed E-state index contributed by atoms with van der Waals surface area (Å²) in [7, 11) is 4.58. The Morgan fingerprint density at radius 1 is 1.12 bits per heavy atom. The third-order valence-electron chi connectivity index (χ3n) is 2.31. The van der Waals surface area contributed by atoms with Crippen LogP contribution in [0.3, 0.4) is 0 Å². The molecule has 1 rings (SSSR count). The average molecular weight is 227 g/mol. The van der Waals surface area contributed by atoms with Crippen LogP contribution in [0.4, 0.5) is 0 Å². The average Bonchev–Trinajstić information content (AvgIpc) is 2.35. The Morgan fingerprint density at radius 2 is 1.62 bits per heavy atom. The highest BCUT2D eigenvalue weighted by Gasteiger charge is 2.19. The summed E-state index contributed by atoms with van der Waals surface area (Å²) < 4.78 is 15.5. The molecule has 0 amide bonds. The van der Waals surface area contributed by atoms with E-state index in [2.05, 4.69) is 0 Å². The molecule has 0 aliphatic rings. The Balaban J connectivity index is 3.31. The van der Waals surface area contributed by atoms with Crippen LogP contribution in [0.15, 0.2) is 12.1 Å². The molecule has 3 N–H and O–H groups in total. The number of rotatable bonds is 5. The van der Waals surface area contributed by atoms with Crippen molar-refractivity contribution < 1.29 is 19.3 Å². The van der Waals surface area contributed by atoms with E-state index in [-0.39, 0.29) is 6.54 Å². The maximum atomic E-state index is 9.79. The van der Waals surface area contributed by atoms with Crippen LogP contribution in [-0.4, -0.2) is 33.0 Å². The number of hydrogen-bond acceptors (Lipinski definition) is 5. The number of hydrogen-bond donors (Lipinski definition) is 2. The highest BCUT2D eigenvalue weighted by atomic mass is 16.5. The second-order valence-electron chi connectivity index (χ2n) is 3.20. The van der Waals surface area contributed by atoms with Crippen LogP contribution in [-0.2, 0) is 0 Å². The van der Waals surface area contributed by atoms with E-state index in [9.17, 15) is 5.11 Å². The zero-order valence-corrected chi connectivity index (χ0v) is 9.69. The predicted molar refractivity (Wildman–Crippen MR) is 60.1 cm³/mol. The highest BCUT2D eigenvalue weighted by Crippen LogP contribution is 2.37. The summed E-state index contributed by atoms with van der Waals surface area (Å²) in [6, 6.07) is 3.35. The number of aliphatic hydroxyl groups is 1. The van der Waals surface area contributed by atoms with Crippen LogP contribution in [0.2, 0.25) is 0 Å². The topological polar surface area (TPSA) is 73.9 Å². The second-order valence-corrected chi connectivity index (χ2v) is 3.20. The van der Waals surface area contributed by atoms with Crippen LogP contribution < -0.4 is 19.9 Å². The molecule has 5 heteroatoms. The lowest BCUT2D eigenvalue weighted by Gasteiger charge is -2.18. The Morgan fingerprint density at radius 3 is 1.94 bits per heavy atom. The number of nitrogens with two attached hydrogens (primary N) is 1. The normalized spacial score (nSPS) is 12.1. The molecule has 0 radical (unpaired) electrons. The van der Waals surface area contributed by atoms with Gasteiger partial charge in [-0.3, -0.25) is 0 Å². The van der Waals surface area contributed by atoms with Crippen molar-refractivity contribution >= 4 is 0 Å². The fourth-order valence-electron chi connectivity index (χ4n) is 1.48. The summed E-state index contributed by atoms with van der Waals surface area (Å²) in [4.78, 5) is 0. The Labute approximate surface area is 94.7 Å². The minimum Gasteiger partial charge on any atom is -0.496 e. The standard InChI is InChI=1S/C11H17NO4/c1-14-7-4-9(15-2)11(8(13)6-12)10(5-7)16-3/h4-5,8,13H,6,12H2,1-3H3. The van der Waals surface area contributed by atoms with E-state index in [1.807, 2.05) is 0 Å². The van der Waals surface area contributed by atoms with E-state index in [0.717, 1.165) is 0 Å². The quantitative estimate of drug-likeness (QED) is 0.774. The molecule has 16 heavy (non-hydrogen) atoms. The first-order valence-electron chi connectivity index (χ1n) is 4.86. The van der Waals surface area contributed by atoms with Crippen molar-refractivity contribution in [1.29, 1.82) is 0 Å². The van der Waals surface area contributed by atoms with Gasteiger partial charge in [-0.05, 0) is 0 Å². The molecular formula is C11H17NO4. The predicted octanol–water partition coefficient (Wildman–Crippen LogP) is 0.704. The first kappa shape index (κ1) is 12.6. The zero-order chi connectivity index (χ0) is 12.1. The zero-order valence-electron chi connectivity index (χ0n) is 9.69. The van der Waals surface area contributed by atoms with Crippen LogP contribution in [0.1, 0.15) is 11.7 Å². The van der Waals surface area contributed by atoms with Crippen molar-refractivity contribution in [3.8, 4) is 17.2 Å². The van der Waals surface area contributed by atoms with Crippen molar-refractivity contribution in [2.75, 3.05) is 27.9 Å². The van der Waals surface area contributed by atoms with Gasteiger partial charge in [0.1, 0.15) is 17.2 Å². The van der Waals surface area contributed by atoms with Gasteiger partial charge >= 0.3 is 0 Å². The molecule has 1 aromatic rings. The van der Waals surface area contributed by atoms with Gasteiger partial charge in [-0.15, -0.1) is 0 Å². The van der Waals surface area contributed by atoms with E-state index in [4.69, 9.17) is 19.9 Å². The maximum Gasteiger partial charge on any atom is 0.132 e. The summed E-state index contributed by atoms with van der Waals surface area (Å²) in [6.45, 7) is 0.0963. The van der Waals surface area contributed by atoms with Crippen molar-refractivity contribution in [2.45, 2.75) is 6.10 Å². The van der Waals surface area contributed by atoms with Gasteiger partial charge in [-0.25, -0.2) is 0 Å². The summed E-state index contributed by atoms with van der Waals surface area (Å²) in [6.07, 6.45) is -0.823. The Hall–Kier alpha value is -1.46. The smallest absolute Gasteiger partial charge is 0.132 e. The molecule has 0 aliphatic carbocycles. The van der Waals surface area contributed by atoms with Gasteiger partial charge in [0, 0.05) is 18.7 Å². The first-order chi connectivity index (χ1) is 7.67. The summed E-state index contributed by atoms with van der Waals surface area (Å²) in [5, 5.41) is 9.79. The van der Waals surface area contributed by atoms with Gasteiger partial charge in [-0.1, -0.05) is 0 Å². The number of aliphatic hydroxyl groups excluding tert-OH is 1. The molecular weight excluding hydrogens is 210 g/mol. The third-order valence-corrected chi connectivity index (χ3v) is 2.31. The molecule has 1 unspecified atom stereocenters. The van der Waals surface area contributed by atoms with Gasteiger partial charge in [0.2, 0.25) is 0 Å². The minimum atomic E-state index is -0.823. The lowest BCUT2D eigenvalue weighted by atomic mass is 10.1. The van der Waals surface area contributed by atoms with Crippen LogP contribution in [0.25, 0.3) is 0 Å².